The molecule has 0 radical (unpaired) electrons. The molecule has 1 aliphatic heterocycles. The molecule has 1 saturated heterocycles. The quantitative estimate of drug-likeness (QED) is 0.830. The fourth-order valence-corrected chi connectivity index (χ4v) is 2.31. The number of likely N-dealkylation sites (tertiary alicyclic amines) is 1. The summed E-state index contributed by atoms with van der Waals surface area (Å²) in [6.45, 7) is 1.30. The molecule has 0 saturated carbocycles. The molecule has 0 spiro atoms. The van der Waals surface area contributed by atoms with Crippen molar-refractivity contribution in [1.29, 1.82) is 0 Å². The first-order valence-electron chi connectivity index (χ1n) is 5.39. The lowest BCUT2D eigenvalue weighted by Gasteiger charge is -2.17. The summed E-state index contributed by atoms with van der Waals surface area (Å²) >= 11 is 11.9. The topological polar surface area (TPSA) is 29.5 Å². The highest BCUT2D eigenvalue weighted by Crippen LogP contribution is 2.24. The van der Waals surface area contributed by atoms with Crippen LogP contribution in [0.4, 0.5) is 0 Å². The average molecular weight is 274 g/mol. The maximum absolute atomic E-state index is 12.2. The third kappa shape index (κ3) is 2.73. The van der Waals surface area contributed by atoms with E-state index in [1.807, 2.05) is 0 Å². The van der Waals surface area contributed by atoms with E-state index in [1.54, 1.807) is 30.2 Å². The van der Waals surface area contributed by atoms with E-state index >= 15 is 0 Å². The second kappa shape index (κ2) is 5.25. The van der Waals surface area contributed by atoms with E-state index in [1.165, 1.54) is 0 Å². The Balaban J connectivity index is 2.17. The van der Waals surface area contributed by atoms with Gasteiger partial charge in [-0.15, -0.1) is 0 Å². The van der Waals surface area contributed by atoms with Gasteiger partial charge in [0.05, 0.1) is 16.7 Å². The van der Waals surface area contributed by atoms with Crippen LogP contribution in [0, 0.1) is 0 Å². The lowest BCUT2D eigenvalue weighted by molar-refractivity contribution is 0.0724. The predicted octanol–water partition coefficient (Wildman–Crippen LogP) is 2.85. The first-order chi connectivity index (χ1) is 8.11. The normalized spacial score (nSPS) is 19.7. The molecule has 5 heteroatoms. The number of amides is 1. The van der Waals surface area contributed by atoms with Crippen LogP contribution < -0.4 is 0 Å². The van der Waals surface area contributed by atoms with Gasteiger partial charge in [-0.1, -0.05) is 23.2 Å². The molecule has 1 unspecified atom stereocenters. The van der Waals surface area contributed by atoms with Crippen LogP contribution in [0.1, 0.15) is 16.8 Å². The van der Waals surface area contributed by atoms with Gasteiger partial charge in [0.15, 0.2) is 0 Å². The highest BCUT2D eigenvalue weighted by molar-refractivity contribution is 6.35. The summed E-state index contributed by atoms with van der Waals surface area (Å²) in [4.78, 5) is 14.0. The van der Waals surface area contributed by atoms with E-state index in [0.717, 1.165) is 6.42 Å². The Labute approximate surface area is 110 Å². The Morgan fingerprint density at radius 2 is 2.24 bits per heavy atom. The maximum Gasteiger partial charge on any atom is 0.255 e. The van der Waals surface area contributed by atoms with Crippen molar-refractivity contribution in [2.24, 2.45) is 0 Å². The largest absolute Gasteiger partial charge is 0.380 e. The summed E-state index contributed by atoms with van der Waals surface area (Å²) < 4.78 is 5.23. The van der Waals surface area contributed by atoms with Crippen LogP contribution in [0.25, 0.3) is 0 Å². The van der Waals surface area contributed by atoms with Crippen molar-refractivity contribution in [2.75, 3.05) is 20.2 Å². The Kier molecular flexibility index (Phi) is 3.92. The number of carbonyl (C=O) groups excluding carboxylic acids is 1. The first kappa shape index (κ1) is 12.7. The summed E-state index contributed by atoms with van der Waals surface area (Å²) in [7, 11) is 1.66. The molecule has 0 aliphatic carbocycles. The van der Waals surface area contributed by atoms with Gasteiger partial charge in [0.2, 0.25) is 0 Å². The SMILES string of the molecule is COC1CCN(C(=O)c2cc(Cl)ccc2Cl)C1. The molecular weight excluding hydrogens is 261 g/mol. The maximum atomic E-state index is 12.2. The standard InChI is InChI=1S/C12H13Cl2NO2/c1-17-9-4-5-15(7-9)12(16)10-6-8(13)2-3-11(10)14/h2-3,6,9H,4-5,7H2,1H3. The predicted molar refractivity (Wildman–Crippen MR) is 67.8 cm³/mol. The van der Waals surface area contributed by atoms with Crippen LogP contribution in [0.3, 0.4) is 0 Å². The van der Waals surface area contributed by atoms with E-state index in [-0.39, 0.29) is 12.0 Å². The van der Waals surface area contributed by atoms with Gasteiger partial charge in [-0.25, -0.2) is 0 Å². The smallest absolute Gasteiger partial charge is 0.255 e. The van der Waals surface area contributed by atoms with Gasteiger partial charge in [-0.2, -0.15) is 0 Å². The molecule has 3 nitrogen and oxygen atoms in total. The summed E-state index contributed by atoms with van der Waals surface area (Å²) in [5, 5.41) is 0.945. The highest BCUT2D eigenvalue weighted by Gasteiger charge is 2.27. The van der Waals surface area contributed by atoms with Gasteiger partial charge in [-0.05, 0) is 24.6 Å². The zero-order valence-electron chi connectivity index (χ0n) is 9.45. The summed E-state index contributed by atoms with van der Waals surface area (Å²) in [6.07, 6.45) is 0.984. The zero-order valence-corrected chi connectivity index (χ0v) is 11.0. The average Bonchev–Trinajstić information content (AvgIpc) is 2.80. The zero-order chi connectivity index (χ0) is 12.4. The monoisotopic (exact) mass is 273 g/mol. The fourth-order valence-electron chi connectivity index (χ4n) is 1.94. The van der Waals surface area contributed by atoms with E-state index in [9.17, 15) is 4.79 Å². The number of halogens is 2. The minimum absolute atomic E-state index is 0.0861. The van der Waals surface area contributed by atoms with Crippen molar-refractivity contribution in [1.82, 2.24) is 4.90 Å². The van der Waals surface area contributed by atoms with Crippen molar-refractivity contribution < 1.29 is 9.53 Å². The first-order valence-corrected chi connectivity index (χ1v) is 6.14. The molecule has 0 bridgehead atoms. The van der Waals surface area contributed by atoms with Crippen LogP contribution in [-0.2, 0) is 4.74 Å². The summed E-state index contributed by atoms with van der Waals surface area (Å²) in [5.41, 5.74) is 0.455. The van der Waals surface area contributed by atoms with Crippen LogP contribution in [-0.4, -0.2) is 37.1 Å². The number of methoxy groups -OCH3 is 1. The Morgan fingerprint density at radius 3 is 2.88 bits per heavy atom. The third-order valence-electron chi connectivity index (χ3n) is 2.92. The van der Waals surface area contributed by atoms with Crippen molar-refractivity contribution >= 4 is 29.1 Å². The Morgan fingerprint density at radius 1 is 1.47 bits per heavy atom. The summed E-state index contributed by atoms with van der Waals surface area (Å²) in [6, 6.07) is 4.91. The van der Waals surface area contributed by atoms with E-state index in [4.69, 9.17) is 27.9 Å². The van der Waals surface area contributed by atoms with Crippen LogP contribution >= 0.6 is 23.2 Å². The van der Waals surface area contributed by atoms with Crippen molar-refractivity contribution in [3.63, 3.8) is 0 Å². The molecule has 92 valence electrons. The molecule has 0 N–H and O–H groups in total. The van der Waals surface area contributed by atoms with Gasteiger partial charge in [-0.3, -0.25) is 4.79 Å². The molecule has 1 amide bonds. The minimum Gasteiger partial charge on any atom is -0.380 e. The third-order valence-corrected chi connectivity index (χ3v) is 3.49. The number of ether oxygens (including phenoxy) is 1. The fraction of sp³-hybridized carbons (Fsp3) is 0.417. The van der Waals surface area contributed by atoms with Crippen LogP contribution in [0.5, 0.6) is 0 Å². The minimum atomic E-state index is -0.0861. The molecule has 1 atom stereocenters. The van der Waals surface area contributed by atoms with Gasteiger partial charge in [0, 0.05) is 25.2 Å². The van der Waals surface area contributed by atoms with Gasteiger partial charge >= 0.3 is 0 Å². The molecule has 1 fully saturated rings. The van der Waals surface area contributed by atoms with Gasteiger partial charge in [0.1, 0.15) is 0 Å². The molecule has 1 aliphatic rings. The molecule has 0 aromatic heterocycles. The van der Waals surface area contributed by atoms with Crippen molar-refractivity contribution in [3.8, 4) is 0 Å². The Hall–Kier alpha value is -0.770. The van der Waals surface area contributed by atoms with Gasteiger partial charge < -0.3 is 9.64 Å². The van der Waals surface area contributed by atoms with E-state index < -0.39 is 0 Å². The van der Waals surface area contributed by atoms with Crippen LogP contribution in [0.15, 0.2) is 18.2 Å². The van der Waals surface area contributed by atoms with Crippen molar-refractivity contribution in [3.05, 3.63) is 33.8 Å². The molecule has 2 rings (SSSR count). The van der Waals surface area contributed by atoms with E-state index in [2.05, 4.69) is 0 Å². The number of benzene rings is 1. The number of nitrogens with zero attached hydrogens (tertiary/aromatic N) is 1. The second-order valence-corrected chi connectivity index (χ2v) is 4.87. The lowest BCUT2D eigenvalue weighted by Crippen LogP contribution is -2.30. The van der Waals surface area contributed by atoms with Crippen LogP contribution in [0.2, 0.25) is 10.0 Å². The molecular formula is C12H13Cl2NO2. The number of hydrogen-bond acceptors (Lipinski definition) is 2. The molecule has 17 heavy (non-hydrogen) atoms. The lowest BCUT2D eigenvalue weighted by atomic mass is 10.2. The highest BCUT2D eigenvalue weighted by atomic mass is 35.5. The second-order valence-electron chi connectivity index (χ2n) is 4.02. The van der Waals surface area contributed by atoms with E-state index in [0.29, 0.717) is 28.7 Å². The Bertz CT molecular complexity index is 437. The van der Waals surface area contributed by atoms with Gasteiger partial charge in [0.25, 0.3) is 5.91 Å². The number of carbonyl (C=O) groups is 1. The number of rotatable bonds is 2. The number of hydrogen-bond donors (Lipinski definition) is 0. The molecule has 1 aromatic rings. The molecule has 1 aromatic carbocycles. The van der Waals surface area contributed by atoms with Crippen molar-refractivity contribution in [2.45, 2.75) is 12.5 Å². The summed E-state index contributed by atoms with van der Waals surface area (Å²) in [5.74, 6) is -0.0861. The molecule has 1 heterocycles.